The Labute approximate surface area is 218 Å². The van der Waals surface area contributed by atoms with Crippen molar-refractivity contribution in [2.45, 2.75) is 61.1 Å². The molecule has 2 fully saturated rings. The molecule has 1 aromatic heterocycles. The van der Waals surface area contributed by atoms with Crippen LogP contribution in [0.25, 0.3) is 0 Å². The molecule has 1 N–H and O–H groups in total. The number of sulfonamides is 1. The topological polar surface area (TPSA) is 73.7 Å². The fraction of sp³-hybridized carbons (Fsp3) is 0.393. The number of rotatable bonds is 6. The molecule has 3 aromatic rings. The van der Waals surface area contributed by atoms with Crippen molar-refractivity contribution in [2.75, 3.05) is 17.4 Å². The van der Waals surface area contributed by atoms with Gasteiger partial charge in [-0.05, 0) is 68.1 Å². The van der Waals surface area contributed by atoms with Gasteiger partial charge in [-0.3, -0.25) is 14.2 Å². The van der Waals surface area contributed by atoms with E-state index in [9.17, 15) is 13.5 Å². The number of benzene rings is 2. The summed E-state index contributed by atoms with van der Waals surface area (Å²) in [7, 11) is -3.78. The number of piperidine rings is 1. The van der Waals surface area contributed by atoms with Crippen molar-refractivity contribution in [1.82, 2.24) is 9.88 Å². The van der Waals surface area contributed by atoms with E-state index in [1.165, 1.54) is 0 Å². The van der Waals surface area contributed by atoms with Crippen LogP contribution in [0.5, 0.6) is 0 Å². The van der Waals surface area contributed by atoms with Crippen molar-refractivity contribution in [3.05, 3.63) is 89.7 Å². The molecule has 5 rings (SSSR count). The van der Waals surface area contributed by atoms with Crippen LogP contribution in [0.3, 0.4) is 0 Å². The van der Waals surface area contributed by atoms with E-state index in [-0.39, 0.29) is 17.0 Å². The van der Waals surface area contributed by atoms with E-state index in [1.54, 1.807) is 41.0 Å². The van der Waals surface area contributed by atoms with Crippen molar-refractivity contribution < 1.29 is 13.5 Å². The molecular weight excluding hydrogens is 494 g/mol. The number of hydrogen-bond donors (Lipinski definition) is 1. The van der Waals surface area contributed by atoms with Gasteiger partial charge in [0, 0.05) is 48.2 Å². The molecule has 2 atom stereocenters. The van der Waals surface area contributed by atoms with Gasteiger partial charge in [-0.2, -0.15) is 0 Å². The van der Waals surface area contributed by atoms with Crippen molar-refractivity contribution in [3.8, 4) is 0 Å². The van der Waals surface area contributed by atoms with E-state index in [4.69, 9.17) is 11.6 Å². The minimum atomic E-state index is -3.78. The first-order valence-electron chi connectivity index (χ1n) is 12.6. The molecule has 0 radical (unpaired) electrons. The highest BCUT2D eigenvalue weighted by Gasteiger charge is 2.45. The molecule has 1 saturated heterocycles. The molecule has 190 valence electrons. The number of anilines is 1. The number of likely N-dealkylation sites (tertiary alicyclic amines) is 1. The molecule has 0 amide bonds. The highest BCUT2D eigenvalue weighted by molar-refractivity contribution is 7.92. The normalized spacial score (nSPS) is 23.9. The van der Waals surface area contributed by atoms with Crippen molar-refractivity contribution in [1.29, 1.82) is 0 Å². The molecular formula is C28H32ClN3O3S. The van der Waals surface area contributed by atoms with E-state index in [2.05, 4.69) is 9.88 Å². The van der Waals surface area contributed by atoms with Crippen LogP contribution in [0, 0.1) is 0 Å². The summed E-state index contributed by atoms with van der Waals surface area (Å²) >= 11 is 6.03. The molecule has 2 aliphatic rings. The number of aliphatic hydroxyl groups is 1. The molecule has 2 unspecified atom stereocenters. The quantitative estimate of drug-likeness (QED) is 0.477. The van der Waals surface area contributed by atoms with Gasteiger partial charge < -0.3 is 5.11 Å². The molecule has 6 nitrogen and oxygen atoms in total. The van der Waals surface area contributed by atoms with Gasteiger partial charge in [0.25, 0.3) is 10.0 Å². The Bertz CT molecular complexity index is 1250. The molecule has 36 heavy (non-hydrogen) atoms. The van der Waals surface area contributed by atoms with Crippen LogP contribution < -0.4 is 4.31 Å². The van der Waals surface area contributed by atoms with Crippen LogP contribution >= 0.6 is 11.6 Å². The lowest BCUT2D eigenvalue weighted by molar-refractivity contribution is -0.0851. The molecule has 0 bridgehead atoms. The maximum atomic E-state index is 13.8. The summed E-state index contributed by atoms with van der Waals surface area (Å²) in [5.41, 5.74) is 0.594. The van der Waals surface area contributed by atoms with Crippen LogP contribution in [-0.4, -0.2) is 48.6 Å². The minimum absolute atomic E-state index is 0.00514. The number of halogens is 1. The second-order valence-corrected chi connectivity index (χ2v) is 12.0. The standard InChI is InChI=1S/C28H32ClN3O3S/c29-23-11-13-26(14-12-23)36(34,35)32(24-8-2-1-3-9-24)25-15-19-31(20-16-25)27-10-4-5-17-28(27,33)22-7-6-18-30-21-22/h1-3,6-9,11-14,18,21,25,27,33H,4-5,10,15-17,19-20H2. The third-order valence-corrected chi connectivity index (χ3v) is 9.80. The Morgan fingerprint density at radius 2 is 1.67 bits per heavy atom. The first-order valence-corrected chi connectivity index (χ1v) is 14.4. The maximum absolute atomic E-state index is 13.8. The van der Waals surface area contributed by atoms with Gasteiger partial charge in [-0.25, -0.2) is 8.42 Å². The van der Waals surface area contributed by atoms with Crippen molar-refractivity contribution in [3.63, 3.8) is 0 Å². The fourth-order valence-electron chi connectivity index (χ4n) is 5.85. The predicted molar refractivity (Wildman–Crippen MR) is 143 cm³/mol. The van der Waals surface area contributed by atoms with Gasteiger partial charge in [-0.15, -0.1) is 0 Å². The van der Waals surface area contributed by atoms with Crippen LogP contribution in [0.4, 0.5) is 5.69 Å². The highest BCUT2D eigenvalue weighted by atomic mass is 35.5. The van der Waals surface area contributed by atoms with Gasteiger partial charge in [0.05, 0.1) is 10.6 Å². The Morgan fingerprint density at radius 3 is 2.33 bits per heavy atom. The molecule has 1 saturated carbocycles. The summed E-state index contributed by atoms with van der Waals surface area (Å²) < 4.78 is 29.3. The van der Waals surface area contributed by atoms with Gasteiger partial charge in [-0.1, -0.05) is 48.7 Å². The average Bonchev–Trinajstić information content (AvgIpc) is 2.91. The van der Waals surface area contributed by atoms with Crippen LogP contribution in [0.1, 0.15) is 44.1 Å². The lowest BCUT2D eigenvalue weighted by atomic mass is 9.75. The van der Waals surface area contributed by atoms with Gasteiger partial charge in [0.15, 0.2) is 0 Å². The lowest BCUT2D eigenvalue weighted by Gasteiger charge is -2.49. The first-order chi connectivity index (χ1) is 17.4. The Balaban J connectivity index is 1.40. The third kappa shape index (κ3) is 4.90. The van der Waals surface area contributed by atoms with E-state index in [1.807, 2.05) is 42.5 Å². The summed E-state index contributed by atoms with van der Waals surface area (Å²) in [6, 6.07) is 19.3. The summed E-state index contributed by atoms with van der Waals surface area (Å²) in [6.07, 6.45) is 8.57. The van der Waals surface area contributed by atoms with E-state index in [0.717, 1.165) is 37.9 Å². The van der Waals surface area contributed by atoms with Gasteiger partial charge in [0.2, 0.25) is 0 Å². The smallest absolute Gasteiger partial charge is 0.264 e. The Hall–Kier alpha value is -2.45. The summed E-state index contributed by atoms with van der Waals surface area (Å²) in [6.45, 7) is 1.44. The number of aromatic nitrogens is 1. The van der Waals surface area contributed by atoms with Crippen LogP contribution in [-0.2, 0) is 15.6 Å². The maximum Gasteiger partial charge on any atom is 0.264 e. The fourth-order valence-corrected chi connectivity index (χ4v) is 7.69. The van der Waals surface area contributed by atoms with Crippen LogP contribution in [0.2, 0.25) is 5.02 Å². The van der Waals surface area contributed by atoms with E-state index < -0.39 is 15.6 Å². The van der Waals surface area contributed by atoms with Crippen molar-refractivity contribution >= 4 is 27.3 Å². The summed E-state index contributed by atoms with van der Waals surface area (Å²) in [4.78, 5) is 6.85. The Kier molecular flexibility index (Phi) is 7.35. The van der Waals surface area contributed by atoms with Crippen molar-refractivity contribution in [2.24, 2.45) is 0 Å². The van der Waals surface area contributed by atoms with Gasteiger partial charge in [0.1, 0.15) is 5.60 Å². The monoisotopic (exact) mass is 525 g/mol. The number of hydrogen-bond acceptors (Lipinski definition) is 5. The lowest BCUT2D eigenvalue weighted by Crippen LogP contribution is -2.57. The largest absolute Gasteiger partial charge is 0.383 e. The zero-order valence-corrected chi connectivity index (χ0v) is 21.8. The zero-order valence-electron chi connectivity index (χ0n) is 20.2. The SMILES string of the molecule is O=S(=O)(c1ccc(Cl)cc1)N(c1ccccc1)C1CCN(C2CCCCC2(O)c2cccnc2)CC1. The highest BCUT2D eigenvalue weighted by Crippen LogP contribution is 2.41. The second kappa shape index (κ2) is 10.5. The molecule has 1 aliphatic carbocycles. The van der Waals surface area contributed by atoms with Crippen LogP contribution in [0.15, 0.2) is 84.0 Å². The van der Waals surface area contributed by atoms with E-state index in [0.29, 0.717) is 30.0 Å². The van der Waals surface area contributed by atoms with Gasteiger partial charge >= 0.3 is 0 Å². The summed E-state index contributed by atoms with van der Waals surface area (Å²) in [5, 5.41) is 12.3. The Morgan fingerprint density at radius 1 is 0.944 bits per heavy atom. The molecule has 2 heterocycles. The first kappa shape index (κ1) is 25.2. The average molecular weight is 526 g/mol. The molecule has 1 aliphatic heterocycles. The van der Waals surface area contributed by atoms with E-state index >= 15 is 0 Å². The number of pyridine rings is 1. The summed E-state index contributed by atoms with van der Waals surface area (Å²) in [5.74, 6) is 0. The molecule has 8 heteroatoms. The molecule has 0 spiro atoms. The number of nitrogens with zero attached hydrogens (tertiary/aromatic N) is 3. The predicted octanol–water partition coefficient (Wildman–Crippen LogP) is 5.23. The number of para-hydroxylation sites is 1. The third-order valence-electron chi connectivity index (χ3n) is 7.65. The second-order valence-electron chi connectivity index (χ2n) is 9.79. The zero-order chi connectivity index (χ0) is 25.2. The minimum Gasteiger partial charge on any atom is -0.383 e. The molecule has 2 aromatic carbocycles.